The number of rotatable bonds is 6. The molecule has 5 heteroatoms. The Morgan fingerprint density at radius 2 is 2.35 bits per heavy atom. The molecule has 1 unspecified atom stereocenters. The van der Waals surface area contributed by atoms with Crippen LogP contribution in [0.15, 0.2) is 0 Å². The van der Waals surface area contributed by atoms with Gasteiger partial charge in [0.25, 0.3) is 0 Å². The van der Waals surface area contributed by atoms with Gasteiger partial charge in [-0.25, -0.2) is 4.79 Å². The van der Waals surface area contributed by atoms with Gasteiger partial charge in [0, 0.05) is 38.8 Å². The highest BCUT2D eigenvalue weighted by Crippen LogP contribution is 2.15. The number of hydrogen-bond acceptors (Lipinski definition) is 3. The molecule has 0 bridgehead atoms. The molecule has 0 radical (unpaired) electrons. The Morgan fingerprint density at radius 1 is 1.47 bits per heavy atom. The average molecular weight is 240 g/mol. The number of amides is 2. The summed E-state index contributed by atoms with van der Waals surface area (Å²) in [5.74, 6) is 0. The summed E-state index contributed by atoms with van der Waals surface area (Å²) >= 11 is 0. The van der Waals surface area contributed by atoms with Crippen molar-refractivity contribution in [2.45, 2.75) is 25.8 Å². The van der Waals surface area contributed by atoms with Gasteiger partial charge in [0.1, 0.15) is 0 Å². The van der Waals surface area contributed by atoms with Crippen LogP contribution in [0.4, 0.5) is 4.79 Å². The van der Waals surface area contributed by atoms with Crippen LogP contribution in [0.3, 0.4) is 0 Å². The average Bonchev–Trinajstić information content (AvgIpc) is 2.93. The van der Waals surface area contributed by atoms with Gasteiger partial charge in [-0.1, -0.05) is 6.92 Å². The number of carbonyl (C=O) groups excluding carboxylic acids is 1. The minimum Gasteiger partial charge on any atom is -0.336 e. The molecule has 2 N–H and O–H groups in total. The van der Waals surface area contributed by atoms with E-state index in [4.69, 9.17) is 0 Å². The van der Waals surface area contributed by atoms with Gasteiger partial charge < -0.3 is 15.5 Å². The summed E-state index contributed by atoms with van der Waals surface area (Å²) in [6.45, 7) is 9.07. The van der Waals surface area contributed by atoms with E-state index in [9.17, 15) is 4.79 Å². The van der Waals surface area contributed by atoms with Crippen LogP contribution >= 0.6 is 0 Å². The van der Waals surface area contributed by atoms with Gasteiger partial charge in [-0.2, -0.15) is 0 Å². The number of urea groups is 1. The van der Waals surface area contributed by atoms with E-state index in [-0.39, 0.29) is 6.03 Å². The first-order chi connectivity index (χ1) is 8.31. The summed E-state index contributed by atoms with van der Waals surface area (Å²) < 4.78 is 0. The third-order valence-corrected chi connectivity index (χ3v) is 3.79. The molecule has 2 saturated heterocycles. The number of nitrogens with zero attached hydrogens (tertiary/aromatic N) is 2. The monoisotopic (exact) mass is 240 g/mol. The lowest BCUT2D eigenvalue weighted by atomic mass is 10.2. The van der Waals surface area contributed by atoms with E-state index in [0.717, 1.165) is 39.3 Å². The second-order valence-electron chi connectivity index (χ2n) is 4.85. The minimum atomic E-state index is 0.0860. The van der Waals surface area contributed by atoms with Crippen LogP contribution < -0.4 is 10.6 Å². The summed E-state index contributed by atoms with van der Waals surface area (Å²) in [5, 5.41) is 6.29. The van der Waals surface area contributed by atoms with Gasteiger partial charge >= 0.3 is 6.03 Å². The molecule has 0 spiro atoms. The number of hydrogen-bond donors (Lipinski definition) is 2. The summed E-state index contributed by atoms with van der Waals surface area (Å²) in [6.07, 6.45) is 2.64. The van der Waals surface area contributed by atoms with E-state index >= 15 is 0 Å². The lowest BCUT2D eigenvalue weighted by Gasteiger charge is -2.23. The number of nitrogens with one attached hydrogen (secondary N) is 2. The summed E-state index contributed by atoms with van der Waals surface area (Å²) in [6, 6.07) is 0.787. The van der Waals surface area contributed by atoms with Crippen molar-refractivity contribution in [3.63, 3.8) is 0 Å². The Hall–Kier alpha value is -0.810. The molecule has 2 heterocycles. The molecule has 98 valence electrons. The van der Waals surface area contributed by atoms with Crippen molar-refractivity contribution in [1.29, 1.82) is 0 Å². The van der Waals surface area contributed by atoms with E-state index in [1.165, 1.54) is 19.4 Å². The largest absolute Gasteiger partial charge is 0.336 e. The van der Waals surface area contributed by atoms with Gasteiger partial charge in [-0.05, 0) is 25.9 Å². The number of carbonyl (C=O) groups is 1. The maximum atomic E-state index is 11.3. The fourth-order valence-electron chi connectivity index (χ4n) is 2.75. The summed E-state index contributed by atoms with van der Waals surface area (Å²) in [5.41, 5.74) is 0. The van der Waals surface area contributed by atoms with Crippen LogP contribution in [0.1, 0.15) is 19.8 Å². The quantitative estimate of drug-likeness (QED) is 0.647. The first-order valence-electron chi connectivity index (χ1n) is 6.79. The topological polar surface area (TPSA) is 47.6 Å². The molecule has 2 aliphatic rings. The second kappa shape index (κ2) is 6.21. The van der Waals surface area contributed by atoms with Crippen LogP contribution in [0.2, 0.25) is 0 Å². The molecule has 2 amide bonds. The standard InChI is InChI=1S/C12H24N4O/c1-2-15-7-3-4-11(15)10-13-5-8-16-9-6-14-12(16)17/h11,13H,2-10H2,1H3,(H,14,17). The molecule has 0 aromatic heterocycles. The molecule has 0 saturated carbocycles. The van der Waals surface area contributed by atoms with Gasteiger partial charge in [-0.3, -0.25) is 4.90 Å². The van der Waals surface area contributed by atoms with Crippen molar-refractivity contribution in [1.82, 2.24) is 20.4 Å². The molecule has 2 aliphatic heterocycles. The Morgan fingerprint density at radius 3 is 3.06 bits per heavy atom. The highest BCUT2D eigenvalue weighted by atomic mass is 16.2. The van der Waals surface area contributed by atoms with Crippen molar-refractivity contribution in [3.8, 4) is 0 Å². The lowest BCUT2D eigenvalue weighted by Crippen LogP contribution is -2.41. The van der Waals surface area contributed by atoms with Gasteiger partial charge in [0.15, 0.2) is 0 Å². The van der Waals surface area contributed by atoms with E-state index in [1.54, 1.807) is 0 Å². The molecule has 17 heavy (non-hydrogen) atoms. The normalized spacial score (nSPS) is 25.6. The van der Waals surface area contributed by atoms with Crippen LogP contribution in [0, 0.1) is 0 Å². The van der Waals surface area contributed by atoms with Crippen molar-refractivity contribution in [2.24, 2.45) is 0 Å². The minimum absolute atomic E-state index is 0.0860. The highest BCUT2D eigenvalue weighted by Gasteiger charge is 2.22. The first kappa shape index (κ1) is 12.6. The zero-order valence-electron chi connectivity index (χ0n) is 10.7. The van der Waals surface area contributed by atoms with E-state index in [1.807, 2.05) is 4.90 Å². The van der Waals surface area contributed by atoms with E-state index in [0.29, 0.717) is 6.04 Å². The van der Waals surface area contributed by atoms with Crippen LogP contribution in [0.5, 0.6) is 0 Å². The predicted octanol–water partition coefficient (Wildman–Crippen LogP) is 0.0855. The molecule has 0 aromatic rings. The molecular weight excluding hydrogens is 216 g/mol. The van der Waals surface area contributed by atoms with Gasteiger partial charge in [-0.15, -0.1) is 0 Å². The van der Waals surface area contributed by atoms with Gasteiger partial charge in [0.2, 0.25) is 0 Å². The molecule has 2 fully saturated rings. The third-order valence-electron chi connectivity index (χ3n) is 3.79. The van der Waals surface area contributed by atoms with E-state index in [2.05, 4.69) is 22.5 Å². The summed E-state index contributed by atoms with van der Waals surface area (Å²) in [4.78, 5) is 15.7. The fourth-order valence-corrected chi connectivity index (χ4v) is 2.75. The zero-order valence-corrected chi connectivity index (χ0v) is 10.7. The molecule has 1 atom stereocenters. The number of likely N-dealkylation sites (N-methyl/N-ethyl adjacent to an activating group) is 1. The van der Waals surface area contributed by atoms with Crippen molar-refractivity contribution >= 4 is 6.03 Å². The van der Waals surface area contributed by atoms with Crippen molar-refractivity contribution in [3.05, 3.63) is 0 Å². The molecule has 2 rings (SSSR count). The Labute approximate surface area is 104 Å². The van der Waals surface area contributed by atoms with Crippen LogP contribution in [0.25, 0.3) is 0 Å². The lowest BCUT2D eigenvalue weighted by molar-refractivity contribution is 0.216. The SMILES string of the molecule is CCN1CCCC1CNCCN1CCNC1=O. The van der Waals surface area contributed by atoms with Crippen molar-refractivity contribution < 1.29 is 4.79 Å². The highest BCUT2D eigenvalue weighted by molar-refractivity contribution is 5.76. The molecule has 5 nitrogen and oxygen atoms in total. The molecule has 0 aromatic carbocycles. The van der Waals surface area contributed by atoms with Crippen LogP contribution in [-0.4, -0.2) is 67.7 Å². The molecule has 0 aliphatic carbocycles. The Bertz CT molecular complexity index is 259. The van der Waals surface area contributed by atoms with E-state index < -0.39 is 0 Å². The summed E-state index contributed by atoms with van der Waals surface area (Å²) in [7, 11) is 0. The van der Waals surface area contributed by atoms with Crippen LogP contribution in [-0.2, 0) is 0 Å². The fraction of sp³-hybridized carbons (Fsp3) is 0.917. The second-order valence-corrected chi connectivity index (χ2v) is 4.85. The predicted molar refractivity (Wildman–Crippen MR) is 68.1 cm³/mol. The Kier molecular flexibility index (Phi) is 4.62. The molecular formula is C12H24N4O. The van der Waals surface area contributed by atoms with Gasteiger partial charge in [0.05, 0.1) is 0 Å². The Balaban J connectivity index is 1.58. The maximum Gasteiger partial charge on any atom is 0.317 e. The first-order valence-corrected chi connectivity index (χ1v) is 6.79. The smallest absolute Gasteiger partial charge is 0.317 e. The zero-order chi connectivity index (χ0) is 12.1. The van der Waals surface area contributed by atoms with Crippen molar-refractivity contribution in [2.75, 3.05) is 45.8 Å². The maximum absolute atomic E-state index is 11.3. The number of likely N-dealkylation sites (tertiary alicyclic amines) is 1. The third kappa shape index (κ3) is 3.33.